The maximum atomic E-state index is 13.1. The van der Waals surface area contributed by atoms with E-state index < -0.39 is 15.7 Å². The van der Waals surface area contributed by atoms with Crippen molar-refractivity contribution in [3.05, 3.63) is 59.4 Å². The molecule has 0 saturated carbocycles. The molecule has 1 N–H and O–H groups in total. The molecule has 2 aromatic carbocycles. The van der Waals surface area contributed by atoms with Crippen LogP contribution in [0.3, 0.4) is 0 Å². The lowest BCUT2D eigenvalue weighted by Gasteiger charge is -2.10. The summed E-state index contributed by atoms with van der Waals surface area (Å²) in [7, 11) is -3.34. The van der Waals surface area contributed by atoms with Crippen molar-refractivity contribution in [3.63, 3.8) is 0 Å². The minimum absolute atomic E-state index is 0.0142. The third kappa shape index (κ3) is 4.14. The molecule has 0 aliphatic rings. The Morgan fingerprint density at radius 1 is 1.18 bits per heavy atom. The molecule has 0 spiro atoms. The fourth-order valence-electron chi connectivity index (χ4n) is 1.99. The van der Waals surface area contributed by atoms with Gasteiger partial charge in [-0.3, -0.25) is 4.79 Å². The van der Waals surface area contributed by atoms with Crippen LogP contribution in [0.4, 0.5) is 10.1 Å². The number of hydrogen-bond donors (Lipinski definition) is 1. The molecule has 0 saturated heterocycles. The summed E-state index contributed by atoms with van der Waals surface area (Å²) >= 11 is 0. The number of anilines is 1. The third-order valence-electron chi connectivity index (χ3n) is 3.16. The van der Waals surface area contributed by atoms with Crippen LogP contribution in [0.2, 0.25) is 0 Å². The fourth-order valence-corrected chi connectivity index (χ4v) is 2.64. The second-order valence-electron chi connectivity index (χ2n) is 5.10. The smallest absolute Gasteiger partial charge is 0.228 e. The molecule has 0 radical (unpaired) electrons. The van der Waals surface area contributed by atoms with Crippen LogP contribution in [-0.2, 0) is 21.1 Å². The molecule has 0 aliphatic carbocycles. The number of halogens is 1. The van der Waals surface area contributed by atoms with Gasteiger partial charge in [-0.05, 0) is 42.3 Å². The van der Waals surface area contributed by atoms with Crippen LogP contribution in [0, 0.1) is 12.7 Å². The van der Waals surface area contributed by atoms with Crippen LogP contribution < -0.4 is 5.32 Å². The summed E-state index contributed by atoms with van der Waals surface area (Å²) in [6.07, 6.45) is 1.12. The number of benzene rings is 2. The minimum atomic E-state index is -3.34. The summed E-state index contributed by atoms with van der Waals surface area (Å²) in [5.74, 6) is -0.736. The molecular weight excluding hydrogens is 305 g/mol. The summed E-state index contributed by atoms with van der Waals surface area (Å²) < 4.78 is 36.2. The number of rotatable bonds is 4. The van der Waals surface area contributed by atoms with E-state index in [0.717, 1.165) is 11.8 Å². The Morgan fingerprint density at radius 3 is 2.55 bits per heavy atom. The van der Waals surface area contributed by atoms with Gasteiger partial charge in [0.05, 0.1) is 11.3 Å². The SMILES string of the molecule is Cc1ccc(S(C)(=O)=O)cc1NC(=O)Cc1cccc(F)c1. The average Bonchev–Trinajstić information content (AvgIpc) is 2.40. The Balaban J connectivity index is 2.18. The Hall–Kier alpha value is -2.21. The predicted molar refractivity (Wildman–Crippen MR) is 83.0 cm³/mol. The van der Waals surface area contributed by atoms with Crippen LogP contribution in [0.15, 0.2) is 47.4 Å². The zero-order valence-electron chi connectivity index (χ0n) is 12.3. The Bertz CT molecular complexity index is 816. The molecule has 4 nitrogen and oxygen atoms in total. The van der Waals surface area contributed by atoms with E-state index in [0.29, 0.717) is 11.3 Å². The molecule has 0 atom stereocenters. The molecule has 1 amide bonds. The molecule has 2 rings (SSSR count). The monoisotopic (exact) mass is 321 g/mol. The topological polar surface area (TPSA) is 63.2 Å². The summed E-state index contributed by atoms with van der Waals surface area (Å²) in [6.45, 7) is 1.77. The van der Waals surface area contributed by atoms with E-state index in [1.54, 1.807) is 19.1 Å². The zero-order chi connectivity index (χ0) is 16.3. The van der Waals surface area contributed by atoms with Crippen molar-refractivity contribution >= 4 is 21.4 Å². The van der Waals surface area contributed by atoms with Crippen molar-refractivity contribution in [2.75, 3.05) is 11.6 Å². The van der Waals surface area contributed by atoms with Gasteiger partial charge < -0.3 is 5.32 Å². The van der Waals surface area contributed by atoms with E-state index in [9.17, 15) is 17.6 Å². The van der Waals surface area contributed by atoms with E-state index in [1.807, 2.05) is 0 Å². The van der Waals surface area contributed by atoms with Gasteiger partial charge in [0.15, 0.2) is 9.84 Å². The van der Waals surface area contributed by atoms with Crippen LogP contribution in [0.1, 0.15) is 11.1 Å². The van der Waals surface area contributed by atoms with Crippen molar-refractivity contribution in [1.29, 1.82) is 0 Å². The predicted octanol–water partition coefficient (Wildman–Crippen LogP) is 2.72. The third-order valence-corrected chi connectivity index (χ3v) is 4.28. The molecule has 0 heterocycles. The molecule has 2 aromatic rings. The first-order chi connectivity index (χ1) is 10.3. The van der Waals surface area contributed by atoms with Gasteiger partial charge in [0.1, 0.15) is 5.82 Å². The highest BCUT2D eigenvalue weighted by molar-refractivity contribution is 7.90. The molecule has 6 heteroatoms. The van der Waals surface area contributed by atoms with Crippen LogP contribution >= 0.6 is 0 Å². The van der Waals surface area contributed by atoms with Crippen molar-refractivity contribution in [2.45, 2.75) is 18.2 Å². The molecule has 116 valence electrons. The lowest BCUT2D eigenvalue weighted by atomic mass is 10.1. The second kappa shape index (κ2) is 6.27. The van der Waals surface area contributed by atoms with Crippen LogP contribution in [-0.4, -0.2) is 20.6 Å². The van der Waals surface area contributed by atoms with Crippen LogP contribution in [0.5, 0.6) is 0 Å². The molecule has 0 bridgehead atoms. The van der Waals surface area contributed by atoms with E-state index >= 15 is 0 Å². The van der Waals surface area contributed by atoms with Crippen molar-refractivity contribution in [3.8, 4) is 0 Å². The highest BCUT2D eigenvalue weighted by Gasteiger charge is 2.12. The van der Waals surface area contributed by atoms with Crippen LogP contribution in [0.25, 0.3) is 0 Å². The zero-order valence-corrected chi connectivity index (χ0v) is 13.1. The lowest BCUT2D eigenvalue weighted by Crippen LogP contribution is -2.15. The van der Waals surface area contributed by atoms with Gasteiger partial charge in [0.2, 0.25) is 5.91 Å². The molecule has 0 fully saturated rings. The molecule has 0 aliphatic heterocycles. The number of nitrogens with one attached hydrogen (secondary N) is 1. The summed E-state index contributed by atoms with van der Waals surface area (Å²) in [6, 6.07) is 10.3. The fraction of sp³-hybridized carbons (Fsp3) is 0.188. The van der Waals surface area contributed by atoms with Crippen molar-refractivity contribution < 1.29 is 17.6 Å². The standard InChI is InChI=1S/C16H16FNO3S/c1-11-6-7-14(22(2,20)21)10-15(11)18-16(19)9-12-4-3-5-13(17)8-12/h3-8,10H,9H2,1-2H3,(H,18,19). The Labute approximate surface area is 128 Å². The molecule has 22 heavy (non-hydrogen) atoms. The minimum Gasteiger partial charge on any atom is -0.326 e. The van der Waals surface area contributed by atoms with Gasteiger partial charge in [-0.25, -0.2) is 12.8 Å². The summed E-state index contributed by atoms with van der Waals surface area (Å²) in [4.78, 5) is 12.2. The largest absolute Gasteiger partial charge is 0.326 e. The molecule has 0 aromatic heterocycles. The quantitative estimate of drug-likeness (QED) is 0.942. The Morgan fingerprint density at radius 2 is 1.91 bits per heavy atom. The van der Waals surface area contributed by atoms with Gasteiger partial charge in [0, 0.05) is 11.9 Å². The maximum absolute atomic E-state index is 13.1. The first-order valence-electron chi connectivity index (χ1n) is 6.61. The number of aryl methyl sites for hydroxylation is 1. The highest BCUT2D eigenvalue weighted by Crippen LogP contribution is 2.20. The first kappa shape index (κ1) is 16.2. The van der Waals surface area contributed by atoms with Gasteiger partial charge >= 0.3 is 0 Å². The number of carbonyl (C=O) groups is 1. The van der Waals surface area contributed by atoms with Gasteiger partial charge in [-0.1, -0.05) is 18.2 Å². The number of hydrogen-bond acceptors (Lipinski definition) is 3. The number of carbonyl (C=O) groups excluding carboxylic acids is 1. The Kier molecular flexibility index (Phi) is 4.61. The number of sulfone groups is 1. The normalized spacial score (nSPS) is 11.2. The summed E-state index contributed by atoms with van der Waals surface area (Å²) in [5, 5.41) is 2.66. The highest BCUT2D eigenvalue weighted by atomic mass is 32.2. The second-order valence-corrected chi connectivity index (χ2v) is 7.12. The maximum Gasteiger partial charge on any atom is 0.228 e. The van der Waals surface area contributed by atoms with Gasteiger partial charge in [-0.2, -0.15) is 0 Å². The van der Waals surface area contributed by atoms with Gasteiger partial charge in [0.25, 0.3) is 0 Å². The molecule has 0 unspecified atom stereocenters. The van der Waals surface area contributed by atoms with E-state index in [1.165, 1.54) is 30.3 Å². The van der Waals surface area contributed by atoms with E-state index in [-0.39, 0.29) is 17.2 Å². The van der Waals surface area contributed by atoms with Crippen molar-refractivity contribution in [1.82, 2.24) is 0 Å². The number of amides is 1. The summed E-state index contributed by atoms with van der Waals surface area (Å²) in [5.41, 5.74) is 1.73. The van der Waals surface area contributed by atoms with Crippen molar-refractivity contribution in [2.24, 2.45) is 0 Å². The van der Waals surface area contributed by atoms with E-state index in [4.69, 9.17) is 0 Å². The molecular formula is C16H16FNO3S. The van der Waals surface area contributed by atoms with E-state index in [2.05, 4.69) is 5.32 Å². The lowest BCUT2D eigenvalue weighted by molar-refractivity contribution is -0.115. The van der Waals surface area contributed by atoms with Gasteiger partial charge in [-0.15, -0.1) is 0 Å². The average molecular weight is 321 g/mol. The first-order valence-corrected chi connectivity index (χ1v) is 8.50.